The minimum atomic E-state index is 0.521. The van der Waals surface area contributed by atoms with Gasteiger partial charge in [-0.05, 0) is 56.2 Å². The van der Waals surface area contributed by atoms with Gasteiger partial charge >= 0.3 is 0 Å². The van der Waals surface area contributed by atoms with Crippen LogP contribution in [0.5, 0.6) is 5.75 Å². The van der Waals surface area contributed by atoms with Gasteiger partial charge in [0, 0.05) is 5.92 Å². The molecule has 0 radical (unpaired) electrons. The second-order valence-electron chi connectivity index (χ2n) is 3.70. The summed E-state index contributed by atoms with van der Waals surface area (Å²) in [6.07, 6.45) is 2.33. The Morgan fingerprint density at radius 1 is 1.31 bits per heavy atom. The number of para-hydroxylation sites is 1. The Labute approximate surface area is 120 Å². The van der Waals surface area contributed by atoms with Crippen LogP contribution in [0.2, 0.25) is 0 Å². The lowest BCUT2D eigenvalue weighted by atomic mass is 10.1. The molecule has 1 unspecified atom stereocenters. The predicted octanol–water partition coefficient (Wildman–Crippen LogP) is 4.94. The van der Waals surface area contributed by atoms with E-state index in [1.807, 2.05) is 18.2 Å². The molecule has 0 aliphatic rings. The number of hydrogen-bond donors (Lipinski definition) is 1. The van der Waals surface area contributed by atoms with Crippen LogP contribution in [0.3, 0.4) is 0 Å². The molecule has 0 heterocycles. The van der Waals surface area contributed by atoms with E-state index in [9.17, 15) is 0 Å². The van der Waals surface area contributed by atoms with Crippen molar-refractivity contribution in [2.45, 2.75) is 19.8 Å². The second kappa shape index (κ2) is 7.62. The molecule has 4 heteroatoms. The van der Waals surface area contributed by atoms with Crippen molar-refractivity contribution >= 4 is 44.5 Å². The summed E-state index contributed by atoms with van der Waals surface area (Å²) in [5.74, 6) is 2.27. The SMILES string of the molecule is CCCC(CS)COc1c(Br)cccc1Br. The molecular formula is C12H16Br2OS. The lowest BCUT2D eigenvalue weighted by Crippen LogP contribution is -2.13. The first kappa shape index (κ1) is 14.4. The van der Waals surface area contributed by atoms with E-state index >= 15 is 0 Å². The zero-order valence-electron chi connectivity index (χ0n) is 9.25. The van der Waals surface area contributed by atoms with Gasteiger partial charge in [0.2, 0.25) is 0 Å². The van der Waals surface area contributed by atoms with Crippen LogP contribution >= 0.6 is 44.5 Å². The number of rotatable bonds is 6. The van der Waals surface area contributed by atoms with Gasteiger partial charge in [0.25, 0.3) is 0 Å². The van der Waals surface area contributed by atoms with Gasteiger partial charge in [0.05, 0.1) is 15.6 Å². The normalized spacial score (nSPS) is 12.5. The van der Waals surface area contributed by atoms with Gasteiger partial charge < -0.3 is 4.74 Å². The highest BCUT2D eigenvalue weighted by Gasteiger charge is 2.10. The van der Waals surface area contributed by atoms with Crippen LogP contribution in [0.15, 0.2) is 27.1 Å². The monoisotopic (exact) mass is 366 g/mol. The number of hydrogen-bond acceptors (Lipinski definition) is 2. The number of ether oxygens (including phenoxy) is 1. The topological polar surface area (TPSA) is 9.23 Å². The van der Waals surface area contributed by atoms with E-state index in [-0.39, 0.29) is 0 Å². The fourth-order valence-electron chi connectivity index (χ4n) is 1.46. The molecule has 1 nitrogen and oxygen atoms in total. The lowest BCUT2D eigenvalue weighted by molar-refractivity contribution is 0.252. The Hall–Kier alpha value is 0.330. The third-order valence-corrected chi connectivity index (χ3v) is 4.10. The molecular weight excluding hydrogens is 352 g/mol. The summed E-state index contributed by atoms with van der Waals surface area (Å²) in [4.78, 5) is 0. The van der Waals surface area contributed by atoms with Crippen molar-refractivity contribution in [2.75, 3.05) is 12.4 Å². The van der Waals surface area contributed by atoms with Crippen molar-refractivity contribution in [1.29, 1.82) is 0 Å². The molecule has 0 aliphatic heterocycles. The molecule has 0 aliphatic carbocycles. The number of benzene rings is 1. The fraction of sp³-hybridized carbons (Fsp3) is 0.500. The van der Waals surface area contributed by atoms with E-state index in [2.05, 4.69) is 51.4 Å². The highest BCUT2D eigenvalue weighted by Crippen LogP contribution is 2.33. The molecule has 1 aromatic rings. The molecule has 1 rings (SSSR count). The Morgan fingerprint density at radius 2 is 1.94 bits per heavy atom. The van der Waals surface area contributed by atoms with Gasteiger partial charge in [-0.15, -0.1) is 0 Å². The van der Waals surface area contributed by atoms with Crippen LogP contribution in [-0.2, 0) is 0 Å². The Balaban J connectivity index is 2.59. The summed E-state index contributed by atoms with van der Waals surface area (Å²) < 4.78 is 7.80. The molecule has 0 saturated heterocycles. The van der Waals surface area contributed by atoms with E-state index in [0.29, 0.717) is 5.92 Å². The molecule has 1 atom stereocenters. The van der Waals surface area contributed by atoms with Crippen LogP contribution in [0.4, 0.5) is 0 Å². The average Bonchev–Trinajstić information content (AvgIpc) is 2.27. The van der Waals surface area contributed by atoms with Gasteiger partial charge in [-0.2, -0.15) is 12.6 Å². The molecule has 0 amide bonds. The molecule has 90 valence electrons. The van der Waals surface area contributed by atoms with Crippen LogP contribution in [0.25, 0.3) is 0 Å². The minimum absolute atomic E-state index is 0.521. The summed E-state index contributed by atoms with van der Waals surface area (Å²) >= 11 is 11.3. The van der Waals surface area contributed by atoms with Gasteiger partial charge in [-0.1, -0.05) is 19.4 Å². The highest BCUT2D eigenvalue weighted by molar-refractivity contribution is 9.11. The fourth-order valence-corrected chi connectivity index (χ4v) is 2.97. The first-order valence-electron chi connectivity index (χ1n) is 5.36. The summed E-state index contributed by atoms with van der Waals surface area (Å²) in [7, 11) is 0. The summed E-state index contributed by atoms with van der Waals surface area (Å²) in [6, 6.07) is 5.94. The standard InChI is InChI=1S/C12H16Br2OS/c1-2-4-9(8-16)7-15-12-10(13)5-3-6-11(12)14/h3,5-6,9,16H,2,4,7-8H2,1H3. The first-order valence-corrected chi connectivity index (χ1v) is 7.58. The van der Waals surface area contributed by atoms with Gasteiger partial charge in [0.1, 0.15) is 5.75 Å². The van der Waals surface area contributed by atoms with Crippen molar-refractivity contribution in [2.24, 2.45) is 5.92 Å². The van der Waals surface area contributed by atoms with Gasteiger partial charge in [-0.25, -0.2) is 0 Å². The maximum atomic E-state index is 5.83. The summed E-state index contributed by atoms with van der Waals surface area (Å²) in [5.41, 5.74) is 0. The summed E-state index contributed by atoms with van der Waals surface area (Å²) in [6.45, 7) is 2.91. The van der Waals surface area contributed by atoms with Crippen molar-refractivity contribution in [1.82, 2.24) is 0 Å². The highest BCUT2D eigenvalue weighted by atomic mass is 79.9. The zero-order valence-corrected chi connectivity index (χ0v) is 13.3. The largest absolute Gasteiger partial charge is 0.491 e. The van der Waals surface area contributed by atoms with Crippen LogP contribution in [0, 0.1) is 5.92 Å². The Bertz CT molecular complexity index is 311. The molecule has 0 aromatic heterocycles. The quantitative estimate of drug-likeness (QED) is 0.701. The van der Waals surface area contributed by atoms with E-state index in [1.54, 1.807) is 0 Å². The molecule has 16 heavy (non-hydrogen) atoms. The van der Waals surface area contributed by atoms with Crippen LogP contribution in [0.1, 0.15) is 19.8 Å². The van der Waals surface area contributed by atoms with Crippen molar-refractivity contribution in [3.05, 3.63) is 27.1 Å². The lowest BCUT2D eigenvalue weighted by Gasteiger charge is -2.16. The van der Waals surface area contributed by atoms with E-state index in [0.717, 1.165) is 33.5 Å². The van der Waals surface area contributed by atoms with E-state index < -0.39 is 0 Å². The molecule has 1 aromatic carbocycles. The number of halogens is 2. The van der Waals surface area contributed by atoms with Gasteiger partial charge in [0.15, 0.2) is 0 Å². The van der Waals surface area contributed by atoms with Gasteiger partial charge in [-0.3, -0.25) is 0 Å². The molecule has 0 saturated carbocycles. The number of thiol groups is 1. The third kappa shape index (κ3) is 4.30. The zero-order chi connectivity index (χ0) is 12.0. The Kier molecular flexibility index (Phi) is 6.85. The summed E-state index contributed by atoms with van der Waals surface area (Å²) in [5, 5.41) is 0. The van der Waals surface area contributed by atoms with Crippen molar-refractivity contribution in [3.63, 3.8) is 0 Å². The van der Waals surface area contributed by atoms with Crippen LogP contribution < -0.4 is 4.74 Å². The third-order valence-electron chi connectivity index (χ3n) is 2.34. The minimum Gasteiger partial charge on any atom is -0.491 e. The molecule has 0 fully saturated rings. The van der Waals surface area contributed by atoms with E-state index in [4.69, 9.17) is 4.74 Å². The maximum absolute atomic E-state index is 5.83. The smallest absolute Gasteiger partial charge is 0.147 e. The molecule has 0 bridgehead atoms. The van der Waals surface area contributed by atoms with Crippen molar-refractivity contribution < 1.29 is 4.74 Å². The maximum Gasteiger partial charge on any atom is 0.147 e. The predicted molar refractivity (Wildman–Crippen MR) is 79.6 cm³/mol. The molecule has 0 N–H and O–H groups in total. The van der Waals surface area contributed by atoms with E-state index in [1.165, 1.54) is 6.42 Å². The van der Waals surface area contributed by atoms with Crippen molar-refractivity contribution in [3.8, 4) is 5.75 Å². The molecule has 0 spiro atoms. The Morgan fingerprint density at radius 3 is 2.44 bits per heavy atom. The first-order chi connectivity index (χ1) is 7.69. The second-order valence-corrected chi connectivity index (χ2v) is 5.77. The van der Waals surface area contributed by atoms with Crippen LogP contribution in [-0.4, -0.2) is 12.4 Å². The average molecular weight is 368 g/mol.